The molecular formula is C13H16FN3S. The van der Waals surface area contributed by atoms with Crippen LogP contribution in [0.2, 0.25) is 0 Å². The van der Waals surface area contributed by atoms with Gasteiger partial charge in [-0.15, -0.1) is 0 Å². The number of halogens is 1. The molecule has 18 heavy (non-hydrogen) atoms. The van der Waals surface area contributed by atoms with Crippen molar-refractivity contribution in [3.05, 3.63) is 41.5 Å². The molecule has 1 aromatic heterocycles. The number of benzene rings is 1. The molecule has 0 fully saturated rings. The third kappa shape index (κ3) is 3.26. The van der Waals surface area contributed by atoms with Crippen molar-refractivity contribution >= 4 is 16.7 Å². The summed E-state index contributed by atoms with van der Waals surface area (Å²) in [6.07, 6.45) is 0. The lowest BCUT2D eigenvalue weighted by molar-refractivity contribution is 0.555. The van der Waals surface area contributed by atoms with E-state index in [1.807, 2.05) is 0 Å². The Kier molecular flexibility index (Phi) is 3.61. The molecule has 2 aromatic rings. The van der Waals surface area contributed by atoms with Crippen molar-refractivity contribution in [2.45, 2.75) is 32.7 Å². The average Bonchev–Trinajstić information content (AvgIpc) is 2.77. The lowest BCUT2D eigenvalue weighted by Crippen LogP contribution is -2.13. The van der Waals surface area contributed by atoms with Gasteiger partial charge in [0.1, 0.15) is 11.6 Å². The van der Waals surface area contributed by atoms with Gasteiger partial charge in [0, 0.05) is 23.5 Å². The van der Waals surface area contributed by atoms with Crippen molar-refractivity contribution in [1.29, 1.82) is 0 Å². The highest BCUT2D eigenvalue weighted by molar-refractivity contribution is 7.09. The molecule has 0 aliphatic heterocycles. The third-order valence-electron chi connectivity index (χ3n) is 2.45. The number of nitrogens with one attached hydrogen (secondary N) is 1. The van der Waals surface area contributed by atoms with Crippen LogP contribution >= 0.6 is 11.5 Å². The molecule has 96 valence electrons. The molecule has 0 aliphatic carbocycles. The second-order valence-electron chi connectivity index (χ2n) is 5.15. The molecule has 2 rings (SSSR count). The average molecular weight is 265 g/mol. The predicted molar refractivity (Wildman–Crippen MR) is 72.3 cm³/mol. The van der Waals surface area contributed by atoms with Crippen molar-refractivity contribution in [3.63, 3.8) is 0 Å². The molecule has 0 unspecified atom stereocenters. The molecule has 0 amide bonds. The van der Waals surface area contributed by atoms with E-state index in [4.69, 9.17) is 0 Å². The summed E-state index contributed by atoms with van der Waals surface area (Å²) in [5.41, 5.74) is 0.982. The maximum atomic E-state index is 12.7. The van der Waals surface area contributed by atoms with E-state index in [-0.39, 0.29) is 11.2 Å². The molecule has 0 spiro atoms. The molecule has 5 heteroatoms. The maximum absolute atomic E-state index is 12.7. The van der Waals surface area contributed by atoms with Gasteiger partial charge in [0.25, 0.3) is 0 Å². The van der Waals surface area contributed by atoms with Crippen LogP contribution in [-0.4, -0.2) is 9.36 Å². The first kappa shape index (κ1) is 13.0. The van der Waals surface area contributed by atoms with Crippen molar-refractivity contribution in [2.75, 3.05) is 5.32 Å². The molecule has 0 radical (unpaired) electrons. The summed E-state index contributed by atoms with van der Waals surface area (Å²) < 4.78 is 17.1. The standard InChI is InChI=1S/C13H16FN3S/c1-13(2,3)11-16-12(18-17-11)15-8-9-4-6-10(14)7-5-9/h4-7H,8H2,1-3H3,(H,15,16,17). The summed E-state index contributed by atoms with van der Waals surface area (Å²) in [7, 11) is 0. The summed E-state index contributed by atoms with van der Waals surface area (Å²) in [5, 5.41) is 3.99. The summed E-state index contributed by atoms with van der Waals surface area (Å²) in [5.74, 6) is 0.624. The van der Waals surface area contributed by atoms with Crippen LogP contribution in [0.1, 0.15) is 32.2 Å². The first-order chi connectivity index (χ1) is 8.45. The zero-order valence-electron chi connectivity index (χ0n) is 10.7. The number of hydrogen-bond acceptors (Lipinski definition) is 4. The molecule has 1 aromatic carbocycles. The van der Waals surface area contributed by atoms with Gasteiger partial charge < -0.3 is 5.32 Å². The van der Waals surface area contributed by atoms with E-state index in [0.717, 1.165) is 16.5 Å². The van der Waals surface area contributed by atoms with Crippen LogP contribution in [-0.2, 0) is 12.0 Å². The van der Waals surface area contributed by atoms with Crippen LogP contribution in [0.3, 0.4) is 0 Å². The Morgan fingerprint density at radius 2 is 1.89 bits per heavy atom. The summed E-state index contributed by atoms with van der Waals surface area (Å²) in [6.45, 7) is 6.87. The van der Waals surface area contributed by atoms with Crippen LogP contribution in [0.25, 0.3) is 0 Å². The van der Waals surface area contributed by atoms with Crippen molar-refractivity contribution in [3.8, 4) is 0 Å². The van der Waals surface area contributed by atoms with Gasteiger partial charge in [0.15, 0.2) is 0 Å². The first-order valence-electron chi connectivity index (χ1n) is 5.77. The van der Waals surface area contributed by atoms with Crippen LogP contribution in [0.15, 0.2) is 24.3 Å². The summed E-state index contributed by atoms with van der Waals surface area (Å²) >= 11 is 1.35. The second kappa shape index (κ2) is 5.02. The quantitative estimate of drug-likeness (QED) is 0.921. The molecule has 0 aliphatic rings. The van der Waals surface area contributed by atoms with E-state index < -0.39 is 0 Å². The molecule has 1 N–H and O–H groups in total. The van der Waals surface area contributed by atoms with E-state index in [1.165, 1.54) is 23.7 Å². The summed E-state index contributed by atoms with van der Waals surface area (Å²) in [6, 6.07) is 6.43. The molecule has 3 nitrogen and oxygen atoms in total. The van der Waals surface area contributed by atoms with Crippen LogP contribution in [0.5, 0.6) is 0 Å². The molecule has 1 heterocycles. The number of anilines is 1. The predicted octanol–water partition coefficient (Wildman–Crippen LogP) is 3.59. The fraction of sp³-hybridized carbons (Fsp3) is 0.385. The fourth-order valence-electron chi connectivity index (χ4n) is 1.38. The van der Waals surface area contributed by atoms with Crippen LogP contribution in [0, 0.1) is 5.82 Å². The van der Waals surface area contributed by atoms with Gasteiger partial charge in [-0.05, 0) is 17.7 Å². The van der Waals surface area contributed by atoms with Crippen LogP contribution < -0.4 is 5.32 Å². The third-order valence-corrected chi connectivity index (χ3v) is 3.13. The van der Waals surface area contributed by atoms with E-state index >= 15 is 0 Å². The number of aromatic nitrogens is 2. The highest BCUT2D eigenvalue weighted by Crippen LogP contribution is 2.23. The smallest absolute Gasteiger partial charge is 0.202 e. The molecule has 0 saturated heterocycles. The van der Waals surface area contributed by atoms with E-state index in [0.29, 0.717) is 6.54 Å². The minimum Gasteiger partial charge on any atom is -0.356 e. The van der Waals surface area contributed by atoms with Crippen LogP contribution in [0.4, 0.5) is 9.52 Å². The number of nitrogens with zero attached hydrogens (tertiary/aromatic N) is 2. The highest BCUT2D eigenvalue weighted by Gasteiger charge is 2.19. The Labute approximate surface area is 110 Å². The van der Waals surface area contributed by atoms with E-state index in [1.54, 1.807) is 12.1 Å². The Hall–Kier alpha value is -1.49. The van der Waals surface area contributed by atoms with Gasteiger partial charge in [-0.1, -0.05) is 32.9 Å². The van der Waals surface area contributed by atoms with Gasteiger partial charge in [0.05, 0.1) is 0 Å². The van der Waals surface area contributed by atoms with E-state index in [9.17, 15) is 4.39 Å². The number of hydrogen-bond donors (Lipinski definition) is 1. The molecule has 0 atom stereocenters. The van der Waals surface area contributed by atoms with Crippen molar-refractivity contribution < 1.29 is 4.39 Å². The highest BCUT2D eigenvalue weighted by atomic mass is 32.1. The normalized spacial score (nSPS) is 11.6. The minimum absolute atomic E-state index is 0.0354. The minimum atomic E-state index is -0.218. The van der Waals surface area contributed by atoms with Gasteiger partial charge in [-0.3, -0.25) is 0 Å². The van der Waals surface area contributed by atoms with Crippen molar-refractivity contribution in [2.24, 2.45) is 0 Å². The fourth-order valence-corrected chi connectivity index (χ4v) is 2.13. The lowest BCUT2D eigenvalue weighted by atomic mass is 9.96. The molecular weight excluding hydrogens is 249 g/mol. The monoisotopic (exact) mass is 265 g/mol. The first-order valence-corrected chi connectivity index (χ1v) is 6.55. The SMILES string of the molecule is CC(C)(C)c1nsc(NCc2ccc(F)cc2)n1. The molecule has 0 bridgehead atoms. The van der Waals surface area contributed by atoms with Gasteiger partial charge in [-0.25, -0.2) is 9.37 Å². The second-order valence-corrected chi connectivity index (χ2v) is 5.91. The van der Waals surface area contributed by atoms with Crippen molar-refractivity contribution in [1.82, 2.24) is 9.36 Å². The lowest BCUT2D eigenvalue weighted by Gasteiger charge is -2.12. The summed E-state index contributed by atoms with van der Waals surface area (Å²) in [4.78, 5) is 4.44. The van der Waals surface area contributed by atoms with Gasteiger partial charge >= 0.3 is 0 Å². The Morgan fingerprint density at radius 1 is 1.22 bits per heavy atom. The zero-order valence-corrected chi connectivity index (χ0v) is 11.5. The topological polar surface area (TPSA) is 37.8 Å². The Balaban J connectivity index is 1.98. The van der Waals surface area contributed by atoms with Gasteiger partial charge in [-0.2, -0.15) is 4.37 Å². The largest absolute Gasteiger partial charge is 0.356 e. The number of rotatable bonds is 3. The Morgan fingerprint density at radius 3 is 2.44 bits per heavy atom. The van der Waals surface area contributed by atoms with E-state index in [2.05, 4.69) is 35.4 Å². The maximum Gasteiger partial charge on any atom is 0.202 e. The van der Waals surface area contributed by atoms with Gasteiger partial charge in [0.2, 0.25) is 5.13 Å². The Bertz CT molecular complexity index is 514. The molecule has 0 saturated carbocycles. The zero-order chi connectivity index (χ0) is 13.2.